The molecule has 2 N–H and O–H groups in total. The number of benzene rings is 2. The molecule has 1 aliphatic heterocycles. The molecule has 0 fully saturated rings. The Morgan fingerprint density at radius 2 is 1.96 bits per heavy atom. The third-order valence-corrected chi connectivity index (χ3v) is 5.67. The van der Waals surface area contributed by atoms with Crippen LogP contribution in [-0.4, -0.2) is 20.9 Å². The Hall–Kier alpha value is -2.38. The fraction of sp³-hybridized carbons (Fsp3) is 0.278. The molecule has 1 atom stereocenters. The average Bonchev–Trinajstić information content (AvgIpc) is 2.56. The highest BCUT2D eigenvalue weighted by Gasteiger charge is 2.27. The quantitative estimate of drug-likeness (QED) is 0.878. The normalized spacial score (nSPS) is 16.6. The van der Waals surface area contributed by atoms with Crippen molar-refractivity contribution in [1.82, 2.24) is 4.72 Å². The average molecular weight is 360 g/mol. The summed E-state index contributed by atoms with van der Waals surface area (Å²) in [6, 6.07) is 11.9. The fourth-order valence-corrected chi connectivity index (χ4v) is 4.41. The number of hydrogen-bond donors (Lipinski definition) is 2. The Labute approximate surface area is 147 Å². The number of amides is 1. The van der Waals surface area contributed by atoms with Gasteiger partial charge in [0, 0.05) is 24.6 Å². The second-order valence-corrected chi connectivity index (χ2v) is 7.69. The smallest absolute Gasteiger partial charge is 0.241 e. The molecule has 6 nitrogen and oxygen atoms in total. The topological polar surface area (TPSA) is 84.5 Å². The lowest BCUT2D eigenvalue weighted by Crippen LogP contribution is -2.32. The standard InChI is InChI=1S/C18H20N2O4S/c1-12-7-8-14(19-13(2)21)11-18(12)25(22,23)20-16-9-10-24-17-6-4-3-5-15(16)17/h3-8,11,16,20H,9-10H2,1-2H3,(H,19,21)/t16-/m0/s1. The van der Waals surface area contributed by atoms with E-state index in [0.29, 0.717) is 30.0 Å². The third kappa shape index (κ3) is 3.83. The molecule has 0 saturated heterocycles. The molecule has 1 amide bonds. The van der Waals surface area contributed by atoms with Gasteiger partial charge < -0.3 is 10.1 Å². The zero-order valence-electron chi connectivity index (χ0n) is 14.1. The molecule has 0 bridgehead atoms. The van der Waals surface area contributed by atoms with Gasteiger partial charge in [-0.05, 0) is 30.7 Å². The van der Waals surface area contributed by atoms with Crippen LogP contribution in [0.3, 0.4) is 0 Å². The van der Waals surface area contributed by atoms with Gasteiger partial charge in [-0.15, -0.1) is 0 Å². The number of hydrogen-bond acceptors (Lipinski definition) is 4. The van der Waals surface area contributed by atoms with Crippen LogP contribution >= 0.6 is 0 Å². The first kappa shape index (κ1) is 17.4. The molecule has 2 aromatic rings. The highest BCUT2D eigenvalue weighted by molar-refractivity contribution is 7.89. The Balaban J connectivity index is 1.92. The van der Waals surface area contributed by atoms with Crippen LogP contribution in [0.15, 0.2) is 47.4 Å². The zero-order chi connectivity index (χ0) is 18.0. The van der Waals surface area contributed by atoms with Crippen LogP contribution in [0, 0.1) is 6.92 Å². The number of aryl methyl sites for hydroxylation is 1. The van der Waals surface area contributed by atoms with Gasteiger partial charge in [0.15, 0.2) is 0 Å². The molecule has 0 saturated carbocycles. The van der Waals surface area contributed by atoms with Crippen LogP contribution in [0.5, 0.6) is 5.75 Å². The van der Waals surface area contributed by atoms with Gasteiger partial charge in [0.1, 0.15) is 5.75 Å². The van der Waals surface area contributed by atoms with Crippen LogP contribution in [0.4, 0.5) is 5.69 Å². The van der Waals surface area contributed by atoms with Crippen molar-refractivity contribution in [1.29, 1.82) is 0 Å². The van der Waals surface area contributed by atoms with Crippen molar-refractivity contribution in [2.45, 2.75) is 31.2 Å². The van der Waals surface area contributed by atoms with E-state index in [2.05, 4.69) is 10.0 Å². The van der Waals surface area contributed by atoms with Crippen molar-refractivity contribution in [3.05, 3.63) is 53.6 Å². The van der Waals surface area contributed by atoms with Crippen LogP contribution < -0.4 is 14.8 Å². The van der Waals surface area contributed by atoms with Gasteiger partial charge >= 0.3 is 0 Å². The molecule has 0 aromatic heterocycles. The summed E-state index contributed by atoms with van der Waals surface area (Å²) in [6.07, 6.45) is 0.556. The minimum absolute atomic E-state index is 0.155. The second-order valence-electron chi connectivity index (χ2n) is 6.01. The third-order valence-electron chi connectivity index (χ3n) is 4.05. The summed E-state index contributed by atoms with van der Waals surface area (Å²) in [7, 11) is -3.75. The SMILES string of the molecule is CC(=O)Nc1ccc(C)c(S(=O)(=O)N[C@H]2CCOc3ccccc32)c1. The van der Waals surface area contributed by atoms with E-state index in [1.165, 1.54) is 13.0 Å². The Morgan fingerprint density at radius 1 is 1.20 bits per heavy atom. The number of nitrogens with one attached hydrogen (secondary N) is 2. The van der Waals surface area contributed by atoms with Crippen LogP contribution in [0.25, 0.3) is 0 Å². The Kier molecular flexibility index (Phi) is 4.78. The van der Waals surface area contributed by atoms with Crippen LogP contribution in [0.2, 0.25) is 0 Å². The molecular weight excluding hydrogens is 340 g/mol. The maximum atomic E-state index is 12.9. The molecule has 7 heteroatoms. The monoisotopic (exact) mass is 360 g/mol. The molecular formula is C18H20N2O4S. The van der Waals surface area contributed by atoms with Crippen molar-refractivity contribution in [2.24, 2.45) is 0 Å². The molecule has 3 rings (SSSR count). The summed E-state index contributed by atoms with van der Waals surface area (Å²) in [5, 5.41) is 2.61. The van der Waals surface area contributed by atoms with Crippen molar-refractivity contribution in [3.63, 3.8) is 0 Å². The molecule has 132 valence electrons. The van der Waals surface area contributed by atoms with Crippen molar-refractivity contribution >= 4 is 21.6 Å². The predicted octanol–water partition coefficient (Wildman–Crippen LogP) is 2.76. The van der Waals surface area contributed by atoms with Crippen LogP contribution in [-0.2, 0) is 14.8 Å². The first-order valence-corrected chi connectivity index (χ1v) is 9.47. The van der Waals surface area contributed by atoms with E-state index >= 15 is 0 Å². The number of carbonyl (C=O) groups excluding carboxylic acids is 1. The summed E-state index contributed by atoms with van der Waals surface area (Å²) in [4.78, 5) is 11.4. The van der Waals surface area contributed by atoms with E-state index in [9.17, 15) is 13.2 Å². The van der Waals surface area contributed by atoms with Crippen LogP contribution in [0.1, 0.15) is 30.5 Å². The van der Waals surface area contributed by atoms with Gasteiger partial charge in [-0.3, -0.25) is 4.79 Å². The van der Waals surface area contributed by atoms with E-state index in [1.54, 1.807) is 19.1 Å². The summed E-state index contributed by atoms with van der Waals surface area (Å²) in [5.74, 6) is 0.448. The number of sulfonamides is 1. The van der Waals surface area contributed by atoms with Crippen molar-refractivity contribution in [3.8, 4) is 5.75 Å². The van der Waals surface area contributed by atoms with E-state index < -0.39 is 10.0 Å². The van der Waals surface area contributed by atoms with E-state index in [-0.39, 0.29) is 16.8 Å². The molecule has 1 heterocycles. The molecule has 1 aliphatic rings. The fourth-order valence-electron chi connectivity index (χ4n) is 2.89. The van der Waals surface area contributed by atoms with E-state index in [1.807, 2.05) is 24.3 Å². The van der Waals surface area contributed by atoms with Gasteiger partial charge in [-0.1, -0.05) is 24.3 Å². The maximum Gasteiger partial charge on any atom is 0.241 e. The summed E-state index contributed by atoms with van der Waals surface area (Å²) >= 11 is 0. The van der Waals surface area contributed by atoms with Gasteiger partial charge in [0.2, 0.25) is 15.9 Å². The molecule has 0 radical (unpaired) electrons. The van der Waals surface area contributed by atoms with Gasteiger partial charge in [-0.2, -0.15) is 0 Å². The number of ether oxygens (including phenoxy) is 1. The lowest BCUT2D eigenvalue weighted by Gasteiger charge is -2.26. The van der Waals surface area contributed by atoms with E-state index in [0.717, 1.165) is 5.56 Å². The highest BCUT2D eigenvalue weighted by atomic mass is 32.2. The van der Waals surface area contributed by atoms with Gasteiger partial charge in [-0.25, -0.2) is 13.1 Å². The first-order chi connectivity index (χ1) is 11.9. The Bertz CT molecular complexity index is 909. The molecule has 2 aromatic carbocycles. The number of carbonyl (C=O) groups is 1. The maximum absolute atomic E-state index is 12.9. The highest BCUT2D eigenvalue weighted by Crippen LogP contribution is 2.33. The summed E-state index contributed by atoms with van der Waals surface area (Å²) in [6.45, 7) is 3.56. The number of para-hydroxylation sites is 1. The zero-order valence-corrected chi connectivity index (χ0v) is 14.9. The lowest BCUT2D eigenvalue weighted by molar-refractivity contribution is -0.114. The molecule has 0 spiro atoms. The molecule has 0 aliphatic carbocycles. The minimum atomic E-state index is -3.75. The first-order valence-electron chi connectivity index (χ1n) is 7.99. The van der Waals surface area contributed by atoms with E-state index in [4.69, 9.17) is 4.74 Å². The lowest BCUT2D eigenvalue weighted by atomic mass is 10.0. The number of fused-ring (bicyclic) bond motifs is 1. The van der Waals surface area contributed by atoms with Gasteiger partial charge in [0.05, 0.1) is 17.5 Å². The van der Waals surface area contributed by atoms with Crippen molar-refractivity contribution < 1.29 is 17.9 Å². The number of rotatable bonds is 4. The summed E-state index contributed by atoms with van der Waals surface area (Å²) < 4.78 is 34.2. The molecule has 25 heavy (non-hydrogen) atoms. The Morgan fingerprint density at radius 3 is 2.72 bits per heavy atom. The van der Waals surface area contributed by atoms with Crippen molar-refractivity contribution in [2.75, 3.05) is 11.9 Å². The largest absolute Gasteiger partial charge is 0.493 e. The molecule has 0 unspecified atom stereocenters. The second kappa shape index (κ2) is 6.85. The minimum Gasteiger partial charge on any atom is -0.493 e. The summed E-state index contributed by atoms with van der Waals surface area (Å²) in [5.41, 5.74) is 1.89. The number of anilines is 1. The van der Waals surface area contributed by atoms with Gasteiger partial charge in [0.25, 0.3) is 0 Å². The predicted molar refractivity (Wildman–Crippen MR) is 95.1 cm³/mol.